The van der Waals surface area contributed by atoms with Crippen molar-refractivity contribution >= 4 is 22.5 Å². The number of thioether (sulfide) groups is 1. The zero-order chi connectivity index (χ0) is 17.0. The lowest BCUT2D eigenvalue weighted by Gasteiger charge is -2.17. The van der Waals surface area contributed by atoms with Gasteiger partial charge in [-0.3, -0.25) is 9.36 Å². The van der Waals surface area contributed by atoms with Crippen molar-refractivity contribution in [2.24, 2.45) is 0 Å². The van der Waals surface area contributed by atoms with Gasteiger partial charge in [-0.2, -0.15) is 0 Å². The molecule has 0 amide bonds. The Kier molecular flexibility index (Phi) is 3.53. The largest absolute Gasteiger partial charge is 0.299 e. The minimum absolute atomic E-state index is 0.173. The van der Waals surface area contributed by atoms with Crippen LogP contribution in [0.4, 0.5) is 0 Å². The van der Waals surface area contributed by atoms with E-state index in [1.54, 1.807) is 0 Å². The van der Waals surface area contributed by atoms with Crippen LogP contribution < -0.4 is 5.56 Å². The standard InChI is InChI=1S/C22H21NOS/c1-14-13-25-22-21(16-9-10-16)18(12-20(24)23(14)22)11-17-7-4-6-15-5-2-3-8-19(15)17/h2-8,12,14,16H,9-11,13H2,1H3/t14-/m1/s1. The van der Waals surface area contributed by atoms with Gasteiger partial charge in [0, 0.05) is 17.9 Å². The van der Waals surface area contributed by atoms with Gasteiger partial charge in [0.2, 0.25) is 0 Å². The number of aromatic nitrogens is 1. The molecular formula is C22H21NOS. The van der Waals surface area contributed by atoms with Crippen LogP contribution in [-0.2, 0) is 6.42 Å². The van der Waals surface area contributed by atoms with E-state index in [9.17, 15) is 4.79 Å². The predicted octanol–water partition coefficient (Wildman–Crippen LogP) is 5.14. The second kappa shape index (κ2) is 5.77. The van der Waals surface area contributed by atoms with Gasteiger partial charge in [0.25, 0.3) is 5.56 Å². The fourth-order valence-corrected chi connectivity index (χ4v) is 5.52. The van der Waals surface area contributed by atoms with Gasteiger partial charge in [0.15, 0.2) is 0 Å². The highest BCUT2D eigenvalue weighted by Gasteiger charge is 2.34. The highest BCUT2D eigenvalue weighted by molar-refractivity contribution is 7.99. The Hall–Kier alpha value is -2.00. The molecule has 0 radical (unpaired) electrons. The lowest BCUT2D eigenvalue weighted by atomic mass is 9.95. The van der Waals surface area contributed by atoms with Crippen molar-refractivity contribution in [1.82, 2.24) is 4.57 Å². The van der Waals surface area contributed by atoms with Crippen molar-refractivity contribution in [3.8, 4) is 0 Å². The second-order valence-electron chi connectivity index (χ2n) is 7.35. The van der Waals surface area contributed by atoms with Gasteiger partial charge in [0.1, 0.15) is 0 Å². The molecule has 2 aromatic carbocycles. The molecule has 3 heteroatoms. The van der Waals surface area contributed by atoms with Gasteiger partial charge >= 0.3 is 0 Å². The van der Waals surface area contributed by atoms with Crippen LogP contribution in [0.15, 0.2) is 58.4 Å². The maximum atomic E-state index is 12.7. The van der Waals surface area contributed by atoms with Crippen LogP contribution in [0.2, 0.25) is 0 Å². The molecule has 2 nitrogen and oxygen atoms in total. The lowest BCUT2D eigenvalue weighted by Crippen LogP contribution is -2.23. The number of rotatable bonds is 3. The molecule has 1 saturated carbocycles. The van der Waals surface area contributed by atoms with Gasteiger partial charge in [0.05, 0.1) is 5.03 Å². The normalized spacial score (nSPS) is 19.3. The van der Waals surface area contributed by atoms with Crippen LogP contribution in [-0.4, -0.2) is 10.3 Å². The summed E-state index contributed by atoms with van der Waals surface area (Å²) in [6, 6.07) is 17.3. The highest BCUT2D eigenvalue weighted by Crippen LogP contribution is 2.48. The molecule has 1 fully saturated rings. The van der Waals surface area contributed by atoms with Crippen LogP contribution in [0, 0.1) is 0 Å². The Morgan fingerprint density at radius 1 is 1.08 bits per heavy atom. The number of hydrogen-bond acceptors (Lipinski definition) is 2. The minimum Gasteiger partial charge on any atom is -0.299 e. The highest BCUT2D eigenvalue weighted by atomic mass is 32.2. The maximum Gasteiger partial charge on any atom is 0.251 e. The molecule has 1 aliphatic carbocycles. The molecule has 3 aromatic rings. The van der Waals surface area contributed by atoms with Crippen molar-refractivity contribution in [2.75, 3.05) is 5.75 Å². The van der Waals surface area contributed by atoms with Gasteiger partial charge in [-0.1, -0.05) is 42.5 Å². The van der Waals surface area contributed by atoms with E-state index in [-0.39, 0.29) is 5.56 Å². The number of nitrogens with zero attached hydrogens (tertiary/aromatic N) is 1. The first-order valence-corrected chi connectivity index (χ1v) is 10.1. The summed E-state index contributed by atoms with van der Waals surface area (Å²) >= 11 is 1.88. The molecule has 126 valence electrons. The lowest BCUT2D eigenvalue weighted by molar-refractivity contribution is 0.554. The van der Waals surface area contributed by atoms with E-state index in [1.165, 1.54) is 45.3 Å². The maximum absolute atomic E-state index is 12.7. The summed E-state index contributed by atoms with van der Waals surface area (Å²) in [4.78, 5) is 12.7. The van der Waals surface area contributed by atoms with E-state index in [0.29, 0.717) is 12.0 Å². The van der Waals surface area contributed by atoms with Crippen molar-refractivity contribution in [2.45, 2.75) is 43.2 Å². The Labute approximate surface area is 151 Å². The quantitative estimate of drug-likeness (QED) is 0.655. The van der Waals surface area contributed by atoms with Gasteiger partial charge in [-0.15, -0.1) is 11.8 Å². The summed E-state index contributed by atoms with van der Waals surface area (Å²) in [6.45, 7) is 2.16. The van der Waals surface area contributed by atoms with Crippen molar-refractivity contribution in [1.29, 1.82) is 0 Å². The molecule has 2 heterocycles. The molecule has 0 unspecified atom stereocenters. The molecule has 0 N–H and O–H groups in total. The van der Waals surface area contributed by atoms with Crippen LogP contribution in [0.25, 0.3) is 10.8 Å². The molecule has 0 saturated heterocycles. The van der Waals surface area contributed by atoms with E-state index in [4.69, 9.17) is 0 Å². The summed E-state index contributed by atoms with van der Waals surface area (Å²) in [5, 5.41) is 3.82. The molecule has 2 aliphatic rings. The first-order chi connectivity index (χ1) is 12.2. The van der Waals surface area contributed by atoms with Crippen LogP contribution in [0.3, 0.4) is 0 Å². The Bertz CT molecular complexity index is 1030. The Morgan fingerprint density at radius 2 is 1.88 bits per heavy atom. The first-order valence-electron chi connectivity index (χ1n) is 9.10. The van der Waals surface area contributed by atoms with E-state index >= 15 is 0 Å². The molecule has 1 aromatic heterocycles. The molecule has 1 atom stereocenters. The zero-order valence-corrected chi connectivity index (χ0v) is 15.2. The number of pyridine rings is 1. The Balaban J connectivity index is 1.67. The number of benzene rings is 2. The van der Waals surface area contributed by atoms with E-state index in [2.05, 4.69) is 49.4 Å². The van der Waals surface area contributed by atoms with E-state index in [1.807, 2.05) is 22.4 Å². The summed E-state index contributed by atoms with van der Waals surface area (Å²) < 4.78 is 2.03. The fourth-order valence-electron chi connectivity index (χ4n) is 4.11. The van der Waals surface area contributed by atoms with Crippen molar-refractivity contribution in [3.63, 3.8) is 0 Å². The zero-order valence-electron chi connectivity index (χ0n) is 14.4. The minimum atomic E-state index is 0.173. The smallest absolute Gasteiger partial charge is 0.251 e. The fraction of sp³-hybridized carbons (Fsp3) is 0.318. The average molecular weight is 347 g/mol. The van der Waals surface area contributed by atoms with E-state index < -0.39 is 0 Å². The molecule has 25 heavy (non-hydrogen) atoms. The first kappa shape index (κ1) is 15.3. The monoisotopic (exact) mass is 347 g/mol. The number of hydrogen-bond donors (Lipinski definition) is 0. The second-order valence-corrected chi connectivity index (χ2v) is 8.35. The predicted molar refractivity (Wildman–Crippen MR) is 105 cm³/mol. The molecule has 0 spiro atoms. The summed E-state index contributed by atoms with van der Waals surface area (Å²) in [7, 11) is 0. The number of fused-ring (bicyclic) bond motifs is 2. The topological polar surface area (TPSA) is 22.0 Å². The third-order valence-electron chi connectivity index (χ3n) is 5.48. The van der Waals surface area contributed by atoms with Crippen molar-refractivity contribution in [3.05, 3.63) is 75.6 Å². The summed E-state index contributed by atoms with van der Waals surface area (Å²) in [5.41, 5.74) is 4.20. The molecule has 1 aliphatic heterocycles. The molecule has 5 rings (SSSR count). The van der Waals surface area contributed by atoms with Gasteiger partial charge in [-0.25, -0.2) is 0 Å². The summed E-state index contributed by atoms with van der Waals surface area (Å²) in [6.07, 6.45) is 3.39. The van der Waals surface area contributed by atoms with Gasteiger partial charge in [-0.05, 0) is 59.6 Å². The molecular weight excluding hydrogens is 326 g/mol. The summed E-state index contributed by atoms with van der Waals surface area (Å²) in [5.74, 6) is 1.68. The van der Waals surface area contributed by atoms with Crippen molar-refractivity contribution < 1.29 is 0 Å². The van der Waals surface area contributed by atoms with E-state index in [0.717, 1.165) is 12.2 Å². The third-order valence-corrected chi connectivity index (χ3v) is 6.82. The SMILES string of the molecule is C[C@@H]1CSc2c(C3CC3)c(Cc3cccc4ccccc34)cc(=O)n21. The van der Waals surface area contributed by atoms with Crippen LogP contribution in [0.5, 0.6) is 0 Å². The van der Waals surface area contributed by atoms with Crippen LogP contribution >= 0.6 is 11.8 Å². The third kappa shape index (κ3) is 2.53. The average Bonchev–Trinajstić information content (AvgIpc) is 3.37. The Morgan fingerprint density at radius 3 is 2.72 bits per heavy atom. The van der Waals surface area contributed by atoms with Crippen LogP contribution in [0.1, 0.15) is 48.4 Å². The van der Waals surface area contributed by atoms with Gasteiger partial charge < -0.3 is 0 Å². The molecule has 0 bridgehead atoms.